The summed E-state index contributed by atoms with van der Waals surface area (Å²) >= 11 is 0. The number of aryl methyl sites for hydroxylation is 2. The Bertz CT molecular complexity index is 988. The van der Waals surface area contributed by atoms with Crippen molar-refractivity contribution in [1.82, 2.24) is 10.2 Å². The largest absolute Gasteiger partial charge is 0.465 e. The Morgan fingerprint density at radius 1 is 1.18 bits per heavy atom. The molecule has 3 heterocycles. The van der Waals surface area contributed by atoms with Crippen molar-refractivity contribution in [3.05, 3.63) is 59.0 Å². The van der Waals surface area contributed by atoms with Gasteiger partial charge in [-0.3, -0.25) is 9.69 Å². The molecular weight excluding hydrogens is 363 g/mol. The normalized spacial score (nSPS) is 16.4. The highest BCUT2D eigenvalue weighted by atomic mass is 19.1. The lowest BCUT2D eigenvalue weighted by Crippen LogP contribution is -2.43. The summed E-state index contributed by atoms with van der Waals surface area (Å²) in [6.45, 7) is 6.87. The molecule has 0 unspecified atom stereocenters. The molecular formula is C21H23FN2O4. The van der Waals surface area contributed by atoms with Crippen LogP contribution in [0.4, 0.5) is 4.39 Å². The Balaban J connectivity index is 1.53. The molecule has 0 aliphatic carbocycles. The smallest absolute Gasteiger partial charge is 0.287 e. The zero-order valence-corrected chi connectivity index (χ0v) is 16.0. The van der Waals surface area contributed by atoms with E-state index < -0.39 is 0 Å². The Labute approximate surface area is 162 Å². The van der Waals surface area contributed by atoms with Gasteiger partial charge in [0.1, 0.15) is 22.9 Å². The minimum Gasteiger partial charge on any atom is -0.465 e. The maximum atomic E-state index is 13.5. The molecule has 0 spiro atoms. The number of hydrogen-bond acceptors (Lipinski definition) is 5. The predicted molar refractivity (Wildman–Crippen MR) is 102 cm³/mol. The molecule has 28 heavy (non-hydrogen) atoms. The third-order valence-corrected chi connectivity index (χ3v) is 5.14. The molecule has 1 aliphatic rings. The Morgan fingerprint density at radius 2 is 1.96 bits per heavy atom. The second-order valence-corrected chi connectivity index (χ2v) is 7.02. The van der Waals surface area contributed by atoms with Crippen molar-refractivity contribution in [2.45, 2.75) is 19.9 Å². The Morgan fingerprint density at radius 3 is 2.68 bits per heavy atom. The Kier molecular flexibility index (Phi) is 5.19. The van der Waals surface area contributed by atoms with E-state index in [-0.39, 0.29) is 23.5 Å². The summed E-state index contributed by atoms with van der Waals surface area (Å²) < 4.78 is 30.4. The maximum absolute atomic E-state index is 13.5. The van der Waals surface area contributed by atoms with Gasteiger partial charge in [0.2, 0.25) is 0 Å². The zero-order chi connectivity index (χ0) is 19.7. The van der Waals surface area contributed by atoms with Crippen LogP contribution in [-0.4, -0.2) is 43.7 Å². The number of benzene rings is 1. The van der Waals surface area contributed by atoms with E-state index >= 15 is 0 Å². The molecule has 3 aromatic rings. The van der Waals surface area contributed by atoms with E-state index in [1.807, 2.05) is 19.1 Å². The average molecular weight is 386 g/mol. The van der Waals surface area contributed by atoms with Crippen molar-refractivity contribution >= 4 is 16.9 Å². The lowest BCUT2D eigenvalue weighted by Gasteiger charge is -2.33. The first-order valence-electron chi connectivity index (χ1n) is 9.38. The van der Waals surface area contributed by atoms with Gasteiger partial charge in [-0.15, -0.1) is 0 Å². The van der Waals surface area contributed by atoms with Crippen LogP contribution in [0.1, 0.15) is 33.7 Å². The van der Waals surface area contributed by atoms with E-state index in [1.165, 1.54) is 18.2 Å². The van der Waals surface area contributed by atoms with Crippen molar-refractivity contribution in [1.29, 1.82) is 0 Å². The van der Waals surface area contributed by atoms with Crippen molar-refractivity contribution in [3.63, 3.8) is 0 Å². The number of nitrogens with zero attached hydrogens (tertiary/aromatic N) is 1. The van der Waals surface area contributed by atoms with Crippen LogP contribution in [0.2, 0.25) is 0 Å². The lowest BCUT2D eigenvalue weighted by molar-refractivity contribution is 0.0116. The molecule has 1 aromatic carbocycles. The van der Waals surface area contributed by atoms with Crippen LogP contribution in [0.5, 0.6) is 0 Å². The number of fused-ring (bicyclic) bond motifs is 1. The molecule has 1 N–H and O–H groups in total. The fourth-order valence-corrected chi connectivity index (χ4v) is 3.61. The van der Waals surface area contributed by atoms with E-state index in [0.29, 0.717) is 36.3 Å². The number of nitrogens with one attached hydrogen (secondary N) is 1. The van der Waals surface area contributed by atoms with Crippen LogP contribution >= 0.6 is 0 Å². The highest BCUT2D eigenvalue weighted by Gasteiger charge is 2.27. The molecule has 6 nitrogen and oxygen atoms in total. The zero-order valence-electron chi connectivity index (χ0n) is 16.0. The molecule has 1 amide bonds. The molecule has 1 saturated heterocycles. The van der Waals surface area contributed by atoms with Gasteiger partial charge in [0, 0.05) is 30.6 Å². The number of carbonyl (C=O) groups is 1. The molecule has 1 aliphatic heterocycles. The van der Waals surface area contributed by atoms with Gasteiger partial charge in [0.15, 0.2) is 5.76 Å². The van der Waals surface area contributed by atoms with Gasteiger partial charge in [-0.2, -0.15) is 0 Å². The number of rotatable bonds is 5. The SMILES string of the molecule is Cc1ccc([C@H](CNC(=O)c2oc3ccc(F)cc3c2C)N2CCOCC2)o1. The van der Waals surface area contributed by atoms with E-state index in [2.05, 4.69) is 10.2 Å². The third kappa shape index (κ3) is 3.68. The predicted octanol–water partition coefficient (Wildman–Crippen LogP) is 3.59. The van der Waals surface area contributed by atoms with Gasteiger partial charge in [-0.05, 0) is 44.2 Å². The fourth-order valence-electron chi connectivity index (χ4n) is 3.61. The van der Waals surface area contributed by atoms with Crippen LogP contribution in [-0.2, 0) is 4.74 Å². The van der Waals surface area contributed by atoms with Gasteiger partial charge in [-0.25, -0.2) is 4.39 Å². The highest BCUT2D eigenvalue weighted by Crippen LogP contribution is 2.27. The summed E-state index contributed by atoms with van der Waals surface area (Å²) in [6, 6.07) is 8.01. The monoisotopic (exact) mass is 386 g/mol. The summed E-state index contributed by atoms with van der Waals surface area (Å²) in [6.07, 6.45) is 0. The van der Waals surface area contributed by atoms with Crippen LogP contribution in [0.15, 0.2) is 39.2 Å². The topological polar surface area (TPSA) is 67.9 Å². The number of amides is 1. The standard InChI is InChI=1S/C21H23FN2O4/c1-13-3-5-19(27-13)17(24-7-9-26-10-8-24)12-23-21(25)20-14(2)16-11-15(22)4-6-18(16)28-20/h3-6,11,17H,7-10,12H2,1-2H3,(H,23,25)/t17-/m0/s1. The van der Waals surface area contributed by atoms with Crippen LogP contribution in [0, 0.1) is 19.7 Å². The minimum atomic E-state index is -0.357. The lowest BCUT2D eigenvalue weighted by atomic mass is 10.1. The van der Waals surface area contributed by atoms with Gasteiger partial charge >= 0.3 is 0 Å². The number of ether oxygens (including phenoxy) is 1. The number of hydrogen-bond donors (Lipinski definition) is 1. The van der Waals surface area contributed by atoms with E-state index in [0.717, 1.165) is 24.6 Å². The molecule has 0 saturated carbocycles. The molecule has 4 rings (SSSR count). The first kappa shape index (κ1) is 18.7. The summed E-state index contributed by atoms with van der Waals surface area (Å²) in [5.74, 6) is 1.16. The van der Waals surface area contributed by atoms with E-state index in [9.17, 15) is 9.18 Å². The number of halogens is 1. The molecule has 1 fully saturated rings. The second kappa shape index (κ2) is 7.77. The van der Waals surface area contributed by atoms with Crippen LogP contribution < -0.4 is 5.32 Å². The summed E-state index contributed by atoms with van der Waals surface area (Å²) in [5, 5.41) is 3.56. The van der Waals surface area contributed by atoms with Crippen LogP contribution in [0.25, 0.3) is 11.0 Å². The molecule has 1 atom stereocenters. The van der Waals surface area contributed by atoms with Gasteiger partial charge in [-0.1, -0.05) is 0 Å². The van der Waals surface area contributed by atoms with Crippen molar-refractivity contribution in [3.8, 4) is 0 Å². The molecule has 2 aromatic heterocycles. The first-order valence-corrected chi connectivity index (χ1v) is 9.38. The summed E-state index contributed by atoms with van der Waals surface area (Å²) in [5.41, 5.74) is 1.12. The quantitative estimate of drug-likeness (QED) is 0.726. The molecule has 0 radical (unpaired) electrons. The van der Waals surface area contributed by atoms with E-state index in [4.69, 9.17) is 13.6 Å². The fraction of sp³-hybridized carbons (Fsp3) is 0.381. The highest BCUT2D eigenvalue weighted by molar-refractivity contribution is 5.98. The first-order chi connectivity index (χ1) is 13.5. The van der Waals surface area contributed by atoms with Crippen molar-refractivity contribution in [2.24, 2.45) is 0 Å². The number of morpholine rings is 1. The summed E-state index contributed by atoms with van der Waals surface area (Å²) in [7, 11) is 0. The summed E-state index contributed by atoms with van der Waals surface area (Å²) in [4.78, 5) is 15.0. The number of furan rings is 2. The third-order valence-electron chi connectivity index (χ3n) is 5.14. The second-order valence-electron chi connectivity index (χ2n) is 7.02. The van der Waals surface area contributed by atoms with Crippen molar-refractivity contribution in [2.75, 3.05) is 32.8 Å². The van der Waals surface area contributed by atoms with Crippen LogP contribution in [0.3, 0.4) is 0 Å². The average Bonchev–Trinajstić information content (AvgIpc) is 3.26. The van der Waals surface area contributed by atoms with Gasteiger partial charge in [0.05, 0.1) is 19.3 Å². The Hall–Kier alpha value is -2.64. The van der Waals surface area contributed by atoms with Gasteiger partial charge in [0.25, 0.3) is 5.91 Å². The number of carbonyl (C=O) groups excluding carboxylic acids is 1. The van der Waals surface area contributed by atoms with Gasteiger partial charge < -0.3 is 18.9 Å². The van der Waals surface area contributed by atoms with Crippen molar-refractivity contribution < 1.29 is 22.8 Å². The minimum absolute atomic E-state index is 0.0938. The maximum Gasteiger partial charge on any atom is 0.287 e. The molecule has 7 heteroatoms. The molecule has 0 bridgehead atoms. The molecule has 148 valence electrons. The van der Waals surface area contributed by atoms with E-state index in [1.54, 1.807) is 6.92 Å².